The van der Waals surface area contributed by atoms with Crippen LogP contribution in [0.4, 0.5) is 0 Å². The van der Waals surface area contributed by atoms with E-state index in [2.05, 4.69) is 20.8 Å². The molecule has 0 heteroatoms. The summed E-state index contributed by atoms with van der Waals surface area (Å²) in [6.45, 7) is 7.35. The maximum atomic E-state index is 2.45. The number of hydrogen-bond acceptors (Lipinski definition) is 0. The van der Waals surface area contributed by atoms with E-state index < -0.39 is 0 Å². The first-order valence-electron chi connectivity index (χ1n) is 6.57. The van der Waals surface area contributed by atoms with E-state index in [0.717, 1.165) is 17.8 Å². The van der Waals surface area contributed by atoms with Crippen molar-refractivity contribution in [2.24, 2.45) is 23.2 Å². The molecular formula is C14H26. The second-order valence-electron chi connectivity index (χ2n) is 6.68. The highest BCUT2D eigenvalue weighted by molar-refractivity contribution is 4.86. The Balaban J connectivity index is 2.08. The Bertz CT molecular complexity index is 176. The van der Waals surface area contributed by atoms with Crippen LogP contribution >= 0.6 is 0 Å². The molecule has 3 saturated carbocycles. The summed E-state index contributed by atoms with van der Waals surface area (Å²) in [6, 6.07) is 0. The third kappa shape index (κ3) is 2.15. The summed E-state index contributed by atoms with van der Waals surface area (Å²) >= 11 is 0. The van der Waals surface area contributed by atoms with Crippen molar-refractivity contribution in [1.29, 1.82) is 0 Å². The molecule has 0 aromatic carbocycles. The van der Waals surface area contributed by atoms with Gasteiger partial charge in [-0.1, -0.05) is 46.5 Å². The second kappa shape index (κ2) is 3.87. The fraction of sp³-hybridized carbons (Fsp3) is 1.00. The van der Waals surface area contributed by atoms with Crippen molar-refractivity contribution in [1.82, 2.24) is 0 Å². The smallest absolute Gasteiger partial charge is 0.0337 e. The molecule has 0 saturated heterocycles. The molecular weight excluding hydrogens is 168 g/mol. The average Bonchev–Trinajstić information content (AvgIpc) is 2.03. The quantitative estimate of drug-likeness (QED) is 0.527. The molecule has 0 radical (unpaired) electrons. The summed E-state index contributed by atoms with van der Waals surface area (Å²) in [6.07, 6.45) is 10.7. The zero-order valence-corrected chi connectivity index (χ0v) is 10.2. The molecule has 3 fully saturated rings. The summed E-state index contributed by atoms with van der Waals surface area (Å²) in [5.74, 6) is 3.17. The summed E-state index contributed by atoms with van der Waals surface area (Å²) in [5.41, 5.74) is 0.550. The number of hydrogen-bond donors (Lipinski definition) is 0. The molecule has 3 aliphatic rings. The molecule has 0 heterocycles. The average molecular weight is 194 g/mol. The van der Waals surface area contributed by atoms with Gasteiger partial charge < -0.3 is 0 Å². The van der Waals surface area contributed by atoms with Crippen LogP contribution in [-0.4, -0.2) is 0 Å². The standard InChI is InChI=1S/C14H26/c1-14(2,3)13-6-4-5-11-7-9-12(13)10-8-11/h11-13H,4-10H2,1-3H3. The molecule has 1 unspecified atom stereocenters. The van der Waals surface area contributed by atoms with Crippen molar-refractivity contribution >= 4 is 0 Å². The number of fused-ring (bicyclic) bond motifs is 5. The SMILES string of the molecule is CC(C)(C)C1CCCC2CCC1CC2. The monoisotopic (exact) mass is 194 g/mol. The molecule has 0 nitrogen and oxygen atoms in total. The van der Waals surface area contributed by atoms with Crippen molar-refractivity contribution in [3.8, 4) is 0 Å². The normalized spacial score (nSPS) is 39.2. The van der Waals surface area contributed by atoms with E-state index in [9.17, 15) is 0 Å². The molecule has 0 aliphatic heterocycles. The van der Waals surface area contributed by atoms with Gasteiger partial charge in [-0.2, -0.15) is 0 Å². The van der Waals surface area contributed by atoms with E-state index in [1.807, 2.05) is 0 Å². The van der Waals surface area contributed by atoms with Gasteiger partial charge in [0.15, 0.2) is 0 Å². The Hall–Kier alpha value is 0. The highest BCUT2D eigenvalue weighted by atomic mass is 14.4. The van der Waals surface area contributed by atoms with Crippen molar-refractivity contribution in [2.45, 2.75) is 65.7 Å². The molecule has 2 bridgehead atoms. The van der Waals surface area contributed by atoms with Crippen LogP contribution in [0.2, 0.25) is 0 Å². The first kappa shape index (κ1) is 10.5. The fourth-order valence-electron chi connectivity index (χ4n) is 3.88. The Kier molecular flexibility index (Phi) is 2.91. The lowest BCUT2D eigenvalue weighted by molar-refractivity contribution is 0.0748. The Morgan fingerprint density at radius 2 is 1.43 bits per heavy atom. The van der Waals surface area contributed by atoms with Crippen molar-refractivity contribution in [3.63, 3.8) is 0 Å². The molecule has 14 heavy (non-hydrogen) atoms. The molecule has 0 aromatic rings. The molecule has 0 spiro atoms. The van der Waals surface area contributed by atoms with E-state index in [4.69, 9.17) is 0 Å². The molecule has 0 amide bonds. The Labute approximate surface area is 89.5 Å². The summed E-state index contributed by atoms with van der Waals surface area (Å²) in [7, 11) is 0. The lowest BCUT2D eigenvalue weighted by atomic mass is 9.62. The molecule has 3 aliphatic carbocycles. The number of rotatable bonds is 0. The van der Waals surface area contributed by atoms with Gasteiger partial charge in [-0.05, 0) is 42.4 Å². The molecule has 82 valence electrons. The predicted octanol–water partition coefficient (Wildman–Crippen LogP) is 4.64. The highest BCUT2D eigenvalue weighted by Crippen LogP contribution is 2.47. The summed E-state index contributed by atoms with van der Waals surface area (Å²) < 4.78 is 0. The lowest BCUT2D eigenvalue weighted by Gasteiger charge is -2.43. The Morgan fingerprint density at radius 3 is 2.00 bits per heavy atom. The van der Waals surface area contributed by atoms with Gasteiger partial charge in [-0.3, -0.25) is 0 Å². The van der Waals surface area contributed by atoms with Crippen LogP contribution in [0.3, 0.4) is 0 Å². The van der Waals surface area contributed by atoms with Gasteiger partial charge in [0.05, 0.1) is 0 Å². The van der Waals surface area contributed by atoms with Gasteiger partial charge in [0.1, 0.15) is 0 Å². The van der Waals surface area contributed by atoms with Crippen LogP contribution < -0.4 is 0 Å². The van der Waals surface area contributed by atoms with Gasteiger partial charge >= 0.3 is 0 Å². The van der Waals surface area contributed by atoms with Gasteiger partial charge in [-0.15, -0.1) is 0 Å². The minimum atomic E-state index is 0.550. The molecule has 3 rings (SSSR count). The highest BCUT2D eigenvalue weighted by Gasteiger charge is 2.36. The van der Waals surface area contributed by atoms with Crippen LogP contribution in [0.15, 0.2) is 0 Å². The Morgan fingerprint density at radius 1 is 0.786 bits per heavy atom. The van der Waals surface area contributed by atoms with Crippen LogP contribution in [0, 0.1) is 23.2 Å². The minimum Gasteiger partial charge on any atom is -0.0599 e. The maximum Gasteiger partial charge on any atom is -0.0337 e. The summed E-state index contributed by atoms with van der Waals surface area (Å²) in [4.78, 5) is 0. The first-order chi connectivity index (χ1) is 6.57. The van der Waals surface area contributed by atoms with E-state index >= 15 is 0 Å². The zero-order valence-electron chi connectivity index (χ0n) is 10.2. The molecule has 1 atom stereocenters. The minimum absolute atomic E-state index is 0.550. The molecule has 0 aromatic heterocycles. The van der Waals surface area contributed by atoms with Gasteiger partial charge in [0, 0.05) is 0 Å². The second-order valence-corrected chi connectivity index (χ2v) is 6.68. The van der Waals surface area contributed by atoms with Crippen LogP contribution in [0.25, 0.3) is 0 Å². The fourth-order valence-corrected chi connectivity index (χ4v) is 3.88. The van der Waals surface area contributed by atoms with Crippen molar-refractivity contribution in [2.75, 3.05) is 0 Å². The topological polar surface area (TPSA) is 0 Å². The van der Waals surface area contributed by atoms with Gasteiger partial charge in [0.25, 0.3) is 0 Å². The maximum absolute atomic E-state index is 2.45. The van der Waals surface area contributed by atoms with Crippen LogP contribution in [0.5, 0.6) is 0 Å². The summed E-state index contributed by atoms with van der Waals surface area (Å²) in [5, 5.41) is 0. The van der Waals surface area contributed by atoms with E-state index in [1.54, 1.807) is 0 Å². The lowest BCUT2D eigenvalue weighted by Crippen LogP contribution is -2.33. The van der Waals surface area contributed by atoms with E-state index in [-0.39, 0.29) is 0 Å². The third-order valence-electron chi connectivity index (χ3n) is 4.70. The first-order valence-corrected chi connectivity index (χ1v) is 6.57. The van der Waals surface area contributed by atoms with Crippen LogP contribution in [0.1, 0.15) is 65.7 Å². The van der Waals surface area contributed by atoms with E-state index in [0.29, 0.717) is 5.41 Å². The predicted molar refractivity (Wildman–Crippen MR) is 62.2 cm³/mol. The van der Waals surface area contributed by atoms with Crippen molar-refractivity contribution in [3.05, 3.63) is 0 Å². The van der Waals surface area contributed by atoms with Crippen LogP contribution in [-0.2, 0) is 0 Å². The molecule has 0 N–H and O–H groups in total. The van der Waals surface area contributed by atoms with Gasteiger partial charge in [-0.25, -0.2) is 0 Å². The third-order valence-corrected chi connectivity index (χ3v) is 4.70. The van der Waals surface area contributed by atoms with E-state index in [1.165, 1.54) is 44.9 Å². The zero-order chi connectivity index (χ0) is 10.2. The van der Waals surface area contributed by atoms with Crippen molar-refractivity contribution < 1.29 is 0 Å². The van der Waals surface area contributed by atoms with Gasteiger partial charge in [0.2, 0.25) is 0 Å². The largest absolute Gasteiger partial charge is 0.0599 e.